The predicted molar refractivity (Wildman–Crippen MR) is 120 cm³/mol. The van der Waals surface area contributed by atoms with Crippen LogP contribution >= 0.6 is 23.2 Å². The van der Waals surface area contributed by atoms with E-state index in [4.69, 9.17) is 23.2 Å². The molecule has 2 amide bonds. The van der Waals surface area contributed by atoms with Crippen molar-refractivity contribution in [3.63, 3.8) is 0 Å². The normalized spacial score (nSPS) is 14.3. The highest BCUT2D eigenvalue weighted by molar-refractivity contribution is 6.42. The number of amides is 2. The number of benzene rings is 1. The Bertz CT molecular complexity index is 1070. The quantitative estimate of drug-likeness (QED) is 0.531. The summed E-state index contributed by atoms with van der Waals surface area (Å²) in [5, 5.41) is 14.1. The van der Waals surface area contributed by atoms with Crippen molar-refractivity contribution < 1.29 is 4.79 Å². The third-order valence-electron chi connectivity index (χ3n) is 5.03. The first-order valence-electron chi connectivity index (χ1n) is 10.0. The number of hydrogen-bond donors (Lipinski definition) is 3. The fraction of sp³-hybridized carbons (Fsp3) is 0.333. The second kappa shape index (κ2) is 9.11. The number of nitrogens with one attached hydrogen (secondary N) is 3. The smallest absolute Gasteiger partial charge is 0.318 e. The zero-order valence-electron chi connectivity index (χ0n) is 17.2. The maximum absolute atomic E-state index is 13.2. The number of halogens is 2. The van der Waals surface area contributed by atoms with Crippen molar-refractivity contribution in [1.82, 2.24) is 30.4 Å². The molecule has 0 fully saturated rings. The van der Waals surface area contributed by atoms with Gasteiger partial charge in [0.05, 0.1) is 34.0 Å². The van der Waals surface area contributed by atoms with Crippen LogP contribution in [0, 0.1) is 0 Å². The highest BCUT2D eigenvalue weighted by Gasteiger charge is 2.26. The van der Waals surface area contributed by atoms with Crippen molar-refractivity contribution in [2.24, 2.45) is 0 Å². The van der Waals surface area contributed by atoms with Crippen molar-refractivity contribution in [2.75, 3.05) is 11.9 Å². The molecule has 1 aliphatic rings. The van der Waals surface area contributed by atoms with Crippen LogP contribution in [-0.2, 0) is 13.0 Å². The molecule has 0 saturated heterocycles. The van der Waals surface area contributed by atoms with Gasteiger partial charge < -0.3 is 15.5 Å². The summed E-state index contributed by atoms with van der Waals surface area (Å²) in [7, 11) is 0. The zero-order valence-corrected chi connectivity index (χ0v) is 18.7. The molecule has 31 heavy (non-hydrogen) atoms. The molecule has 10 heteroatoms. The summed E-state index contributed by atoms with van der Waals surface area (Å²) in [6, 6.07) is 6.69. The lowest BCUT2D eigenvalue weighted by Gasteiger charge is -2.30. The number of hydrogen-bond acceptors (Lipinski definition) is 5. The van der Waals surface area contributed by atoms with E-state index in [1.165, 1.54) is 0 Å². The van der Waals surface area contributed by atoms with Gasteiger partial charge in [-0.05, 0) is 49.6 Å². The molecular formula is C21H23Cl2N7O. The Labute approximate surface area is 190 Å². The largest absolute Gasteiger partial charge is 0.352 e. The summed E-state index contributed by atoms with van der Waals surface area (Å²) in [5.74, 6) is 0.571. The Kier molecular flexibility index (Phi) is 6.29. The van der Waals surface area contributed by atoms with Gasteiger partial charge in [-0.3, -0.25) is 5.10 Å². The molecule has 1 atom stereocenters. The Morgan fingerprint density at radius 2 is 2.06 bits per heavy atom. The Morgan fingerprint density at radius 1 is 1.23 bits per heavy atom. The Hall–Kier alpha value is -2.84. The van der Waals surface area contributed by atoms with Gasteiger partial charge in [-0.1, -0.05) is 29.3 Å². The molecule has 0 radical (unpaired) electrons. The first-order chi connectivity index (χ1) is 14.9. The number of H-pyrrole nitrogens is 1. The molecule has 3 N–H and O–H groups in total. The minimum Gasteiger partial charge on any atom is -0.352 e. The lowest BCUT2D eigenvalue weighted by molar-refractivity contribution is 0.188. The number of fused-ring (bicyclic) bond motifs is 1. The lowest BCUT2D eigenvalue weighted by Crippen LogP contribution is -2.44. The minimum atomic E-state index is -0.449. The second-order valence-corrected chi connectivity index (χ2v) is 8.52. The van der Waals surface area contributed by atoms with Crippen molar-refractivity contribution in [2.45, 2.75) is 38.9 Å². The highest BCUT2D eigenvalue weighted by atomic mass is 35.5. The van der Waals surface area contributed by atoms with Gasteiger partial charge in [-0.2, -0.15) is 5.10 Å². The van der Waals surface area contributed by atoms with E-state index in [2.05, 4.69) is 30.8 Å². The van der Waals surface area contributed by atoms with E-state index >= 15 is 0 Å². The van der Waals surface area contributed by atoms with E-state index in [9.17, 15) is 4.79 Å². The molecule has 0 bridgehead atoms. The number of carbonyl (C=O) groups is 1. The van der Waals surface area contributed by atoms with Gasteiger partial charge in [0, 0.05) is 25.0 Å². The Balaban J connectivity index is 1.53. The zero-order chi connectivity index (χ0) is 22.0. The molecule has 3 heterocycles. The van der Waals surface area contributed by atoms with E-state index in [1.807, 2.05) is 32.2 Å². The van der Waals surface area contributed by atoms with Gasteiger partial charge >= 0.3 is 6.03 Å². The minimum absolute atomic E-state index is 0.201. The van der Waals surface area contributed by atoms with Crippen LogP contribution in [0.25, 0.3) is 0 Å². The molecule has 0 saturated carbocycles. The van der Waals surface area contributed by atoms with Crippen LogP contribution in [0.5, 0.6) is 0 Å². The maximum Gasteiger partial charge on any atom is 0.318 e. The van der Waals surface area contributed by atoms with Gasteiger partial charge in [0.1, 0.15) is 0 Å². The average Bonchev–Trinajstić information content (AvgIpc) is 3.27. The number of anilines is 1. The number of rotatable bonds is 5. The van der Waals surface area contributed by atoms with Crippen LogP contribution < -0.4 is 10.6 Å². The second-order valence-electron chi connectivity index (χ2n) is 7.70. The van der Waals surface area contributed by atoms with Crippen LogP contribution in [0.2, 0.25) is 10.0 Å². The monoisotopic (exact) mass is 459 g/mol. The standard InChI is InChI=1S/C21H23Cl2N7O/c1-12(2)26-20-24-10-14-6-8-30(11-18(14)27-20)21(31)28-19(17-5-7-25-29-17)13-3-4-15(22)16(23)9-13/h3-5,7,9-10,12,19H,6,8,11H2,1-2H3,(H,25,29)(H,28,31)(H,24,26,27)/t19-/m1/s1. The first kappa shape index (κ1) is 21.4. The molecule has 2 aromatic heterocycles. The van der Waals surface area contributed by atoms with E-state index in [-0.39, 0.29) is 12.1 Å². The third kappa shape index (κ3) is 4.91. The molecule has 8 nitrogen and oxygen atoms in total. The number of carbonyl (C=O) groups excluding carboxylic acids is 1. The molecule has 1 aliphatic heterocycles. The van der Waals surface area contributed by atoms with E-state index < -0.39 is 6.04 Å². The van der Waals surface area contributed by atoms with Crippen LogP contribution in [-0.4, -0.2) is 43.7 Å². The SMILES string of the molecule is CC(C)Nc1ncc2c(n1)CN(C(=O)N[C@H](c1ccc(Cl)c(Cl)c1)c1ccn[nH]1)CC2. The van der Waals surface area contributed by atoms with Gasteiger partial charge in [-0.25, -0.2) is 14.8 Å². The summed E-state index contributed by atoms with van der Waals surface area (Å²) in [6.07, 6.45) is 4.18. The van der Waals surface area contributed by atoms with E-state index in [1.54, 1.807) is 23.2 Å². The van der Waals surface area contributed by atoms with Gasteiger partial charge in [-0.15, -0.1) is 0 Å². The van der Waals surface area contributed by atoms with Crippen LogP contribution in [0.4, 0.5) is 10.7 Å². The summed E-state index contributed by atoms with van der Waals surface area (Å²) >= 11 is 12.3. The maximum atomic E-state index is 13.2. The van der Waals surface area contributed by atoms with Gasteiger partial charge in [0.15, 0.2) is 0 Å². The van der Waals surface area contributed by atoms with Crippen molar-refractivity contribution in [3.05, 3.63) is 69.2 Å². The Morgan fingerprint density at radius 3 is 2.77 bits per heavy atom. The van der Waals surface area contributed by atoms with Crippen LogP contribution in [0.1, 0.15) is 42.4 Å². The van der Waals surface area contributed by atoms with Gasteiger partial charge in [0.25, 0.3) is 0 Å². The van der Waals surface area contributed by atoms with Crippen LogP contribution in [0.3, 0.4) is 0 Å². The molecule has 4 rings (SSSR count). The first-order valence-corrected chi connectivity index (χ1v) is 10.8. The summed E-state index contributed by atoms with van der Waals surface area (Å²) < 4.78 is 0. The van der Waals surface area contributed by atoms with Crippen molar-refractivity contribution in [1.29, 1.82) is 0 Å². The molecule has 0 spiro atoms. The van der Waals surface area contributed by atoms with Crippen molar-refractivity contribution >= 4 is 35.2 Å². The van der Waals surface area contributed by atoms with Crippen molar-refractivity contribution in [3.8, 4) is 0 Å². The predicted octanol–water partition coefficient (Wildman–Crippen LogP) is 4.18. The lowest BCUT2D eigenvalue weighted by atomic mass is 10.0. The topological polar surface area (TPSA) is 98.8 Å². The average molecular weight is 460 g/mol. The third-order valence-corrected chi connectivity index (χ3v) is 5.77. The van der Waals surface area contributed by atoms with E-state index in [0.717, 1.165) is 22.5 Å². The molecule has 3 aromatic rings. The fourth-order valence-corrected chi connectivity index (χ4v) is 3.79. The number of nitrogens with zero attached hydrogens (tertiary/aromatic N) is 4. The van der Waals surface area contributed by atoms with Crippen LogP contribution in [0.15, 0.2) is 36.7 Å². The molecular weight excluding hydrogens is 437 g/mol. The van der Waals surface area contributed by atoms with Gasteiger partial charge in [0.2, 0.25) is 5.95 Å². The number of urea groups is 1. The number of aromatic nitrogens is 4. The summed E-state index contributed by atoms with van der Waals surface area (Å²) in [5.41, 5.74) is 3.46. The molecule has 0 aliphatic carbocycles. The summed E-state index contributed by atoms with van der Waals surface area (Å²) in [6.45, 7) is 5.05. The molecule has 1 aromatic carbocycles. The molecule has 0 unspecified atom stereocenters. The fourth-order valence-electron chi connectivity index (χ4n) is 3.48. The number of aromatic amines is 1. The highest BCUT2D eigenvalue weighted by Crippen LogP contribution is 2.29. The summed E-state index contributed by atoms with van der Waals surface area (Å²) in [4.78, 5) is 23.9. The molecule has 162 valence electrons. The van der Waals surface area contributed by atoms with E-state index in [0.29, 0.717) is 35.5 Å².